The van der Waals surface area contributed by atoms with Crippen LogP contribution in [0.2, 0.25) is 0 Å². The van der Waals surface area contributed by atoms with E-state index in [0.29, 0.717) is 11.7 Å². The average molecular weight is 291 g/mol. The molecule has 1 saturated heterocycles. The fourth-order valence-corrected chi connectivity index (χ4v) is 2.68. The van der Waals surface area contributed by atoms with Crippen molar-refractivity contribution in [2.24, 2.45) is 0 Å². The molecule has 1 N–H and O–H groups in total. The molecule has 0 radical (unpaired) electrons. The van der Waals surface area contributed by atoms with Crippen molar-refractivity contribution in [3.8, 4) is 11.8 Å². The molecule has 0 spiro atoms. The van der Waals surface area contributed by atoms with E-state index in [9.17, 15) is 4.39 Å². The van der Waals surface area contributed by atoms with Crippen molar-refractivity contribution in [2.75, 3.05) is 26.3 Å². The van der Waals surface area contributed by atoms with Crippen LogP contribution in [0.5, 0.6) is 0 Å². The summed E-state index contributed by atoms with van der Waals surface area (Å²) in [4.78, 5) is 2.31. The summed E-state index contributed by atoms with van der Waals surface area (Å²) in [6, 6.07) is 4.84. The third-order valence-corrected chi connectivity index (χ3v) is 3.61. The lowest BCUT2D eigenvalue weighted by atomic mass is 10.1. The zero-order valence-electron chi connectivity index (χ0n) is 12.4. The molecule has 0 aliphatic carbocycles. The van der Waals surface area contributed by atoms with Gasteiger partial charge in [0.25, 0.3) is 0 Å². The lowest BCUT2D eigenvalue weighted by molar-refractivity contribution is 0.0125. The largest absolute Gasteiger partial charge is 0.384 e. The van der Waals surface area contributed by atoms with Gasteiger partial charge in [-0.05, 0) is 43.5 Å². The molecule has 0 atom stereocenters. The molecule has 4 heteroatoms. The summed E-state index contributed by atoms with van der Waals surface area (Å²) in [6.07, 6.45) is 2.42. The van der Waals surface area contributed by atoms with Crippen LogP contribution < -0.4 is 0 Å². The van der Waals surface area contributed by atoms with Crippen LogP contribution in [-0.2, 0) is 11.3 Å². The predicted molar refractivity (Wildman–Crippen MR) is 80.3 cm³/mol. The Balaban J connectivity index is 1.95. The lowest BCUT2D eigenvalue weighted by Crippen LogP contribution is -2.36. The molecule has 1 heterocycles. The number of rotatable bonds is 4. The first-order valence-corrected chi connectivity index (χ1v) is 7.44. The van der Waals surface area contributed by atoms with Crippen LogP contribution >= 0.6 is 0 Å². The van der Waals surface area contributed by atoms with E-state index in [1.165, 1.54) is 6.07 Å². The van der Waals surface area contributed by atoms with Gasteiger partial charge >= 0.3 is 0 Å². The van der Waals surface area contributed by atoms with Crippen molar-refractivity contribution < 1.29 is 14.2 Å². The van der Waals surface area contributed by atoms with E-state index in [1.54, 1.807) is 6.07 Å². The number of nitrogens with zero attached hydrogens (tertiary/aromatic N) is 1. The van der Waals surface area contributed by atoms with Gasteiger partial charge in [0.05, 0.1) is 6.10 Å². The number of ether oxygens (including phenoxy) is 1. The van der Waals surface area contributed by atoms with Crippen LogP contribution in [0.4, 0.5) is 4.39 Å². The number of hydrogen-bond donors (Lipinski definition) is 1. The molecular weight excluding hydrogens is 269 g/mol. The number of piperidine rings is 1. The van der Waals surface area contributed by atoms with Gasteiger partial charge in [0.1, 0.15) is 12.4 Å². The minimum Gasteiger partial charge on any atom is -0.384 e. The SMILES string of the molecule is CCOC1CCN(Cc2cc(F)cc(C#CCO)c2)CC1. The molecular formula is C17H22FNO2. The molecule has 1 aliphatic rings. The van der Waals surface area contributed by atoms with Crippen molar-refractivity contribution in [3.05, 3.63) is 35.1 Å². The second kappa shape index (κ2) is 8.14. The Morgan fingerprint density at radius 1 is 1.33 bits per heavy atom. The second-order valence-corrected chi connectivity index (χ2v) is 5.24. The van der Waals surface area contributed by atoms with E-state index in [0.717, 1.165) is 44.6 Å². The maximum Gasteiger partial charge on any atom is 0.124 e. The van der Waals surface area contributed by atoms with Crippen LogP contribution in [0, 0.1) is 17.7 Å². The van der Waals surface area contributed by atoms with Crippen LogP contribution in [0.3, 0.4) is 0 Å². The molecule has 2 rings (SSSR count). The van der Waals surface area contributed by atoms with E-state index in [4.69, 9.17) is 9.84 Å². The zero-order valence-corrected chi connectivity index (χ0v) is 12.4. The third kappa shape index (κ3) is 5.13. The van der Waals surface area contributed by atoms with Crippen LogP contribution in [0.1, 0.15) is 30.9 Å². The van der Waals surface area contributed by atoms with Gasteiger partial charge in [0.2, 0.25) is 0 Å². The average Bonchev–Trinajstić information content (AvgIpc) is 2.47. The first-order valence-electron chi connectivity index (χ1n) is 7.44. The molecule has 1 aliphatic heterocycles. The molecule has 0 bridgehead atoms. The van der Waals surface area contributed by atoms with Crippen molar-refractivity contribution in [1.82, 2.24) is 4.90 Å². The fraction of sp³-hybridized carbons (Fsp3) is 0.529. The highest BCUT2D eigenvalue weighted by atomic mass is 19.1. The van der Waals surface area contributed by atoms with E-state index in [-0.39, 0.29) is 12.4 Å². The third-order valence-electron chi connectivity index (χ3n) is 3.61. The van der Waals surface area contributed by atoms with E-state index >= 15 is 0 Å². The van der Waals surface area contributed by atoms with Crippen LogP contribution in [0.15, 0.2) is 18.2 Å². The topological polar surface area (TPSA) is 32.7 Å². The highest BCUT2D eigenvalue weighted by molar-refractivity contribution is 5.37. The molecule has 0 saturated carbocycles. The van der Waals surface area contributed by atoms with Crippen molar-refractivity contribution >= 4 is 0 Å². The molecule has 1 aromatic rings. The quantitative estimate of drug-likeness (QED) is 0.863. The Labute approximate surface area is 125 Å². The van der Waals surface area contributed by atoms with Gasteiger partial charge in [-0.25, -0.2) is 4.39 Å². The maximum absolute atomic E-state index is 13.6. The number of halogens is 1. The summed E-state index contributed by atoms with van der Waals surface area (Å²) in [6.45, 7) is 5.24. The van der Waals surface area contributed by atoms with Crippen molar-refractivity contribution in [3.63, 3.8) is 0 Å². The van der Waals surface area contributed by atoms with Crippen LogP contribution in [0.25, 0.3) is 0 Å². The summed E-state index contributed by atoms with van der Waals surface area (Å²) in [5.41, 5.74) is 1.54. The molecule has 1 aromatic carbocycles. The Hall–Kier alpha value is -1.41. The highest BCUT2D eigenvalue weighted by Crippen LogP contribution is 2.17. The van der Waals surface area contributed by atoms with E-state index in [1.807, 2.05) is 13.0 Å². The summed E-state index contributed by atoms with van der Waals surface area (Å²) in [5.74, 6) is 5.03. The minimum atomic E-state index is -0.279. The first-order chi connectivity index (χ1) is 10.2. The normalized spacial score (nSPS) is 16.5. The Kier molecular flexibility index (Phi) is 6.19. The standard InChI is InChI=1S/C17H22FNO2/c1-2-21-17-5-7-19(8-6-17)13-15-10-14(4-3-9-20)11-16(18)12-15/h10-12,17,20H,2,5-9,13H2,1H3. The van der Waals surface area contributed by atoms with Gasteiger partial charge in [-0.15, -0.1) is 0 Å². The lowest BCUT2D eigenvalue weighted by Gasteiger charge is -2.31. The Morgan fingerprint density at radius 3 is 2.76 bits per heavy atom. The number of hydrogen-bond acceptors (Lipinski definition) is 3. The highest BCUT2D eigenvalue weighted by Gasteiger charge is 2.19. The summed E-state index contributed by atoms with van der Waals surface area (Å²) in [5, 5.41) is 8.71. The molecule has 21 heavy (non-hydrogen) atoms. The second-order valence-electron chi connectivity index (χ2n) is 5.24. The molecule has 3 nitrogen and oxygen atoms in total. The van der Waals surface area contributed by atoms with Gasteiger partial charge in [-0.2, -0.15) is 0 Å². The van der Waals surface area contributed by atoms with E-state index in [2.05, 4.69) is 16.7 Å². The minimum absolute atomic E-state index is 0.212. The van der Waals surface area contributed by atoms with Crippen molar-refractivity contribution in [2.45, 2.75) is 32.4 Å². The fourth-order valence-electron chi connectivity index (χ4n) is 2.68. The molecule has 1 fully saturated rings. The van der Waals surface area contributed by atoms with Crippen molar-refractivity contribution in [1.29, 1.82) is 0 Å². The monoisotopic (exact) mass is 291 g/mol. The number of likely N-dealkylation sites (tertiary alicyclic amines) is 1. The van der Waals surface area contributed by atoms with Crippen LogP contribution in [-0.4, -0.2) is 42.4 Å². The van der Waals surface area contributed by atoms with E-state index < -0.39 is 0 Å². The van der Waals surface area contributed by atoms with Gasteiger partial charge in [0, 0.05) is 31.8 Å². The van der Waals surface area contributed by atoms with Gasteiger partial charge in [-0.1, -0.05) is 11.8 Å². The molecule has 114 valence electrons. The molecule has 0 aromatic heterocycles. The summed E-state index contributed by atoms with van der Waals surface area (Å²) < 4.78 is 19.2. The summed E-state index contributed by atoms with van der Waals surface area (Å²) >= 11 is 0. The van der Waals surface area contributed by atoms with Gasteiger partial charge in [0.15, 0.2) is 0 Å². The number of benzene rings is 1. The molecule has 0 amide bonds. The Morgan fingerprint density at radius 2 is 2.10 bits per heavy atom. The summed E-state index contributed by atoms with van der Waals surface area (Å²) in [7, 11) is 0. The first kappa shape index (κ1) is 16.0. The number of aliphatic hydroxyl groups is 1. The maximum atomic E-state index is 13.6. The van der Waals surface area contributed by atoms with Gasteiger partial charge in [-0.3, -0.25) is 4.90 Å². The number of aliphatic hydroxyl groups excluding tert-OH is 1. The van der Waals surface area contributed by atoms with Gasteiger partial charge < -0.3 is 9.84 Å². The zero-order chi connectivity index (χ0) is 15.1. The predicted octanol–water partition coefficient (Wildman–Crippen LogP) is 2.17. The smallest absolute Gasteiger partial charge is 0.124 e. The Bertz CT molecular complexity index is 513. The molecule has 0 unspecified atom stereocenters.